The first-order valence-electron chi connectivity index (χ1n) is 5.65. The van der Waals surface area contributed by atoms with Crippen LogP contribution in [0, 0.1) is 6.92 Å². The molecule has 2 nitrogen and oxygen atoms in total. The molecule has 0 unspecified atom stereocenters. The van der Waals surface area contributed by atoms with E-state index < -0.39 is 0 Å². The molecule has 2 aromatic rings. The van der Waals surface area contributed by atoms with Crippen molar-refractivity contribution < 1.29 is 5.11 Å². The second kappa shape index (κ2) is 4.50. The standard InChI is InChI=1S/C15H17NO/c1-11-4-9-15(17)14(10-11)12-5-7-13(8-6-12)16(2)3/h4-10,17H,1-3H3. The number of anilines is 1. The zero-order valence-corrected chi connectivity index (χ0v) is 10.4. The highest BCUT2D eigenvalue weighted by atomic mass is 16.3. The number of hydrogen-bond donors (Lipinski definition) is 1. The van der Waals surface area contributed by atoms with Gasteiger partial charge in [0.2, 0.25) is 0 Å². The van der Waals surface area contributed by atoms with Crippen molar-refractivity contribution in [3.05, 3.63) is 48.0 Å². The highest BCUT2D eigenvalue weighted by Gasteiger charge is 2.04. The molecule has 0 radical (unpaired) electrons. The maximum atomic E-state index is 9.86. The molecular formula is C15H17NO. The fraction of sp³-hybridized carbons (Fsp3) is 0.200. The normalized spacial score (nSPS) is 10.3. The second-order valence-electron chi connectivity index (χ2n) is 4.46. The number of phenolic OH excluding ortho intramolecular Hbond substituents is 1. The first kappa shape index (κ1) is 11.5. The lowest BCUT2D eigenvalue weighted by molar-refractivity contribution is 0.477. The molecule has 2 rings (SSSR count). The fourth-order valence-electron chi connectivity index (χ4n) is 1.82. The van der Waals surface area contributed by atoms with E-state index in [9.17, 15) is 5.11 Å². The summed E-state index contributed by atoms with van der Waals surface area (Å²) in [7, 11) is 4.03. The third-order valence-electron chi connectivity index (χ3n) is 2.85. The number of nitrogens with zero attached hydrogens (tertiary/aromatic N) is 1. The Morgan fingerprint density at radius 1 is 0.941 bits per heavy atom. The summed E-state index contributed by atoms with van der Waals surface area (Å²) in [5, 5.41) is 9.86. The smallest absolute Gasteiger partial charge is 0.123 e. The second-order valence-corrected chi connectivity index (χ2v) is 4.46. The summed E-state index contributed by atoms with van der Waals surface area (Å²) < 4.78 is 0. The van der Waals surface area contributed by atoms with Crippen molar-refractivity contribution in [3.63, 3.8) is 0 Å². The summed E-state index contributed by atoms with van der Waals surface area (Å²) in [5.74, 6) is 0.327. The molecule has 88 valence electrons. The van der Waals surface area contributed by atoms with Gasteiger partial charge in [0.15, 0.2) is 0 Å². The van der Waals surface area contributed by atoms with E-state index in [4.69, 9.17) is 0 Å². The monoisotopic (exact) mass is 227 g/mol. The summed E-state index contributed by atoms with van der Waals surface area (Å²) in [5.41, 5.74) is 4.22. The first-order chi connectivity index (χ1) is 8.08. The van der Waals surface area contributed by atoms with Gasteiger partial charge in [0.05, 0.1) is 0 Å². The molecule has 0 spiro atoms. The van der Waals surface area contributed by atoms with Gasteiger partial charge in [0, 0.05) is 25.3 Å². The molecule has 2 aromatic carbocycles. The highest BCUT2D eigenvalue weighted by Crippen LogP contribution is 2.30. The van der Waals surface area contributed by atoms with Crippen molar-refractivity contribution in [3.8, 4) is 16.9 Å². The third kappa shape index (κ3) is 2.41. The Balaban J connectivity index is 2.43. The highest BCUT2D eigenvalue weighted by molar-refractivity contribution is 5.72. The van der Waals surface area contributed by atoms with Crippen LogP contribution in [0.5, 0.6) is 5.75 Å². The minimum atomic E-state index is 0.327. The number of benzene rings is 2. The van der Waals surface area contributed by atoms with Crippen LogP contribution in [0.2, 0.25) is 0 Å². The van der Waals surface area contributed by atoms with E-state index in [2.05, 4.69) is 17.0 Å². The topological polar surface area (TPSA) is 23.5 Å². The van der Waals surface area contributed by atoms with Crippen molar-refractivity contribution >= 4 is 5.69 Å². The Labute approximate surface area is 102 Å². The van der Waals surface area contributed by atoms with Crippen molar-refractivity contribution in [1.29, 1.82) is 0 Å². The average Bonchev–Trinajstić information content (AvgIpc) is 2.32. The molecule has 0 saturated carbocycles. The zero-order chi connectivity index (χ0) is 12.4. The van der Waals surface area contributed by atoms with Gasteiger partial charge in [0.25, 0.3) is 0 Å². The van der Waals surface area contributed by atoms with Crippen LogP contribution in [-0.4, -0.2) is 19.2 Å². The van der Waals surface area contributed by atoms with Gasteiger partial charge < -0.3 is 10.0 Å². The molecule has 0 amide bonds. The number of rotatable bonds is 2. The molecule has 0 heterocycles. The van der Waals surface area contributed by atoms with Crippen molar-refractivity contribution in [2.45, 2.75) is 6.92 Å². The van der Waals surface area contributed by atoms with Crippen molar-refractivity contribution in [1.82, 2.24) is 0 Å². The summed E-state index contributed by atoms with van der Waals surface area (Å²) in [6.45, 7) is 2.02. The minimum absolute atomic E-state index is 0.327. The van der Waals surface area contributed by atoms with Crippen LogP contribution in [0.25, 0.3) is 11.1 Å². The van der Waals surface area contributed by atoms with Gasteiger partial charge in [0.1, 0.15) is 5.75 Å². The number of aryl methyl sites for hydroxylation is 1. The molecule has 0 aliphatic rings. The Kier molecular flexibility index (Phi) is 3.05. The molecular weight excluding hydrogens is 210 g/mol. The first-order valence-corrected chi connectivity index (χ1v) is 5.65. The molecule has 2 heteroatoms. The minimum Gasteiger partial charge on any atom is -0.507 e. The molecule has 1 N–H and O–H groups in total. The van der Waals surface area contributed by atoms with Crippen molar-refractivity contribution in [2.75, 3.05) is 19.0 Å². The van der Waals surface area contributed by atoms with Gasteiger partial charge in [-0.2, -0.15) is 0 Å². The van der Waals surface area contributed by atoms with Crippen molar-refractivity contribution in [2.24, 2.45) is 0 Å². The third-order valence-corrected chi connectivity index (χ3v) is 2.85. The molecule has 0 bridgehead atoms. The molecule has 0 aliphatic heterocycles. The number of hydrogen-bond acceptors (Lipinski definition) is 2. The van der Waals surface area contributed by atoms with Gasteiger partial charge in [-0.25, -0.2) is 0 Å². The molecule has 0 saturated heterocycles. The van der Waals surface area contributed by atoms with Gasteiger partial charge in [-0.3, -0.25) is 0 Å². The summed E-state index contributed by atoms with van der Waals surface area (Å²) in [4.78, 5) is 2.06. The van der Waals surface area contributed by atoms with E-state index >= 15 is 0 Å². The van der Waals surface area contributed by atoms with E-state index in [0.29, 0.717) is 5.75 Å². The zero-order valence-electron chi connectivity index (χ0n) is 10.4. The Morgan fingerprint density at radius 3 is 2.18 bits per heavy atom. The average molecular weight is 227 g/mol. The number of aromatic hydroxyl groups is 1. The van der Waals surface area contributed by atoms with Crippen LogP contribution in [-0.2, 0) is 0 Å². The van der Waals surface area contributed by atoms with Crippen LogP contribution >= 0.6 is 0 Å². The molecule has 0 aromatic heterocycles. The van der Waals surface area contributed by atoms with E-state index in [0.717, 1.165) is 22.4 Å². The van der Waals surface area contributed by atoms with E-state index in [1.807, 2.05) is 45.3 Å². The fourth-order valence-corrected chi connectivity index (χ4v) is 1.82. The van der Waals surface area contributed by atoms with Gasteiger partial charge in [-0.05, 0) is 36.8 Å². The van der Waals surface area contributed by atoms with E-state index in [1.54, 1.807) is 6.07 Å². The Bertz CT molecular complexity index is 515. The maximum Gasteiger partial charge on any atom is 0.123 e. The summed E-state index contributed by atoms with van der Waals surface area (Å²) in [6.07, 6.45) is 0. The molecule has 0 fully saturated rings. The van der Waals surface area contributed by atoms with Crippen LogP contribution < -0.4 is 4.90 Å². The van der Waals surface area contributed by atoms with Crippen LogP contribution in [0.3, 0.4) is 0 Å². The van der Waals surface area contributed by atoms with E-state index in [-0.39, 0.29) is 0 Å². The van der Waals surface area contributed by atoms with Gasteiger partial charge >= 0.3 is 0 Å². The largest absolute Gasteiger partial charge is 0.507 e. The maximum absolute atomic E-state index is 9.86. The van der Waals surface area contributed by atoms with Gasteiger partial charge in [-0.1, -0.05) is 23.8 Å². The SMILES string of the molecule is Cc1ccc(O)c(-c2ccc(N(C)C)cc2)c1. The predicted octanol–water partition coefficient (Wildman–Crippen LogP) is 3.43. The van der Waals surface area contributed by atoms with Gasteiger partial charge in [-0.15, -0.1) is 0 Å². The predicted molar refractivity (Wildman–Crippen MR) is 72.6 cm³/mol. The van der Waals surface area contributed by atoms with Crippen LogP contribution in [0.15, 0.2) is 42.5 Å². The lowest BCUT2D eigenvalue weighted by Gasteiger charge is -2.13. The lowest BCUT2D eigenvalue weighted by atomic mass is 10.0. The summed E-state index contributed by atoms with van der Waals surface area (Å²) in [6, 6.07) is 13.8. The lowest BCUT2D eigenvalue weighted by Crippen LogP contribution is -2.07. The molecule has 17 heavy (non-hydrogen) atoms. The summed E-state index contributed by atoms with van der Waals surface area (Å²) >= 11 is 0. The quantitative estimate of drug-likeness (QED) is 0.849. The van der Waals surface area contributed by atoms with E-state index in [1.165, 1.54) is 0 Å². The number of phenols is 1. The van der Waals surface area contributed by atoms with Crippen LogP contribution in [0.4, 0.5) is 5.69 Å². The molecule has 0 aliphatic carbocycles. The Morgan fingerprint density at radius 2 is 1.59 bits per heavy atom. The Hall–Kier alpha value is -1.96. The molecule has 0 atom stereocenters. The van der Waals surface area contributed by atoms with Crippen LogP contribution in [0.1, 0.15) is 5.56 Å².